The van der Waals surface area contributed by atoms with Crippen LogP contribution in [0.1, 0.15) is 67.9 Å². The minimum absolute atomic E-state index is 0.0116. The Bertz CT molecular complexity index is 882. The molecular weight excluding hydrogens is 354 g/mol. The molecule has 6 rings (SSSR count). The molecule has 2 unspecified atom stereocenters. The fourth-order valence-electron chi connectivity index (χ4n) is 5.84. The highest BCUT2D eigenvalue weighted by molar-refractivity contribution is 5.55. The van der Waals surface area contributed by atoms with E-state index < -0.39 is 5.60 Å². The molecule has 0 spiro atoms. The third-order valence-corrected chi connectivity index (χ3v) is 7.51. The number of nitrogens with zero attached hydrogens (tertiary/aromatic N) is 2. The minimum atomic E-state index is -1.08. The quantitative estimate of drug-likeness (QED) is 0.746. The third kappa shape index (κ3) is 2.38. The molecule has 0 aromatic carbocycles. The summed E-state index contributed by atoms with van der Waals surface area (Å²) in [6.07, 6.45) is 13.7. The number of hydrogen-bond acceptors (Lipinski definition) is 6. The zero-order valence-corrected chi connectivity index (χ0v) is 16.0. The number of allylic oxidation sites excluding steroid dienone is 2. The van der Waals surface area contributed by atoms with Gasteiger partial charge in [0.05, 0.1) is 24.4 Å². The Balaban J connectivity index is 1.46. The van der Waals surface area contributed by atoms with E-state index >= 15 is 0 Å². The largest absolute Gasteiger partial charge is 0.391 e. The lowest BCUT2D eigenvalue weighted by Crippen LogP contribution is -2.44. The van der Waals surface area contributed by atoms with E-state index in [2.05, 4.69) is 21.6 Å². The number of nitrogens with one attached hydrogen (secondary N) is 1. The maximum Gasteiger partial charge on any atom is 0.155 e. The van der Waals surface area contributed by atoms with Crippen molar-refractivity contribution < 1.29 is 14.9 Å². The van der Waals surface area contributed by atoms with Crippen LogP contribution in [0.4, 0.5) is 5.82 Å². The van der Waals surface area contributed by atoms with Crippen LogP contribution in [0.3, 0.4) is 0 Å². The van der Waals surface area contributed by atoms with Crippen LogP contribution < -0.4 is 5.32 Å². The summed E-state index contributed by atoms with van der Waals surface area (Å²) in [5.74, 6) is 0.835. The monoisotopic (exact) mass is 381 g/mol. The number of aliphatic hydroxyl groups excluding tert-OH is 1. The second-order valence-corrected chi connectivity index (χ2v) is 9.08. The highest BCUT2D eigenvalue weighted by atomic mass is 16.5. The molecule has 2 aliphatic heterocycles. The highest BCUT2D eigenvalue weighted by Gasteiger charge is 2.48. The summed E-state index contributed by atoms with van der Waals surface area (Å²) in [7, 11) is 0. The van der Waals surface area contributed by atoms with E-state index in [4.69, 9.17) is 4.74 Å². The van der Waals surface area contributed by atoms with Crippen LogP contribution in [0.25, 0.3) is 0 Å². The molecule has 3 N–H and O–H groups in total. The predicted octanol–water partition coefficient (Wildman–Crippen LogP) is 2.67. The van der Waals surface area contributed by atoms with Crippen LogP contribution in [0.2, 0.25) is 0 Å². The highest BCUT2D eigenvalue weighted by Crippen LogP contribution is 2.51. The van der Waals surface area contributed by atoms with E-state index in [-0.39, 0.29) is 30.3 Å². The standard InChI is InChI=1S/C22H27N3O3/c26-17-8-7-16(17)23-21-19-14(11-13-6-9-18(19)28-13)20(24-25-21)22(27)10-2-4-12-3-1-5-15(12)22/h2,4,10,13,15-18,26-27H,1,3,5-9,11H2,(H,23,25)/t13-,15?,16+,17+,18+,22?/m0/s1. The summed E-state index contributed by atoms with van der Waals surface area (Å²) in [5, 5.41) is 34.4. The Morgan fingerprint density at radius 1 is 1.14 bits per heavy atom. The predicted molar refractivity (Wildman–Crippen MR) is 104 cm³/mol. The molecule has 1 aromatic heterocycles. The van der Waals surface area contributed by atoms with Gasteiger partial charge in [0.15, 0.2) is 5.82 Å². The molecule has 6 heteroatoms. The number of aromatic nitrogens is 2. The average molecular weight is 381 g/mol. The Hall–Kier alpha value is -1.76. The summed E-state index contributed by atoms with van der Waals surface area (Å²) in [5.41, 5.74) is 3.15. The van der Waals surface area contributed by atoms with Crippen molar-refractivity contribution in [3.05, 3.63) is 40.6 Å². The topological polar surface area (TPSA) is 87.5 Å². The van der Waals surface area contributed by atoms with Crippen molar-refractivity contribution in [2.24, 2.45) is 5.92 Å². The van der Waals surface area contributed by atoms with Gasteiger partial charge in [0.25, 0.3) is 0 Å². The number of aliphatic hydroxyl groups is 2. The van der Waals surface area contributed by atoms with Crippen molar-refractivity contribution in [3.63, 3.8) is 0 Å². The third-order valence-electron chi connectivity index (χ3n) is 7.51. The first kappa shape index (κ1) is 17.1. The fraction of sp³-hybridized carbons (Fsp3) is 0.636. The number of rotatable bonds is 3. The van der Waals surface area contributed by atoms with Crippen molar-refractivity contribution >= 4 is 5.82 Å². The molecule has 1 saturated heterocycles. The minimum Gasteiger partial charge on any atom is -0.391 e. The molecule has 3 aliphatic carbocycles. The SMILES string of the molecule is O[C@@H]1CC[C@H]1Nc1nnc(C2(O)C=CC=C3CCCC32)c2c1[C@H]1CC[C@@H](C2)O1. The van der Waals surface area contributed by atoms with Gasteiger partial charge in [0, 0.05) is 17.9 Å². The molecule has 6 atom stereocenters. The average Bonchev–Trinajstić information content (AvgIpc) is 3.32. The van der Waals surface area contributed by atoms with Crippen LogP contribution in [-0.4, -0.2) is 38.7 Å². The Kier molecular flexibility index (Phi) is 3.74. The van der Waals surface area contributed by atoms with E-state index in [0.29, 0.717) is 0 Å². The van der Waals surface area contributed by atoms with Gasteiger partial charge in [-0.2, -0.15) is 0 Å². The number of hydrogen-bond donors (Lipinski definition) is 3. The molecule has 0 radical (unpaired) electrons. The molecule has 1 aromatic rings. The molecule has 28 heavy (non-hydrogen) atoms. The van der Waals surface area contributed by atoms with Gasteiger partial charge in [-0.25, -0.2) is 0 Å². The first-order valence-corrected chi connectivity index (χ1v) is 10.7. The fourth-order valence-corrected chi connectivity index (χ4v) is 5.84. The Morgan fingerprint density at radius 2 is 2.07 bits per heavy atom. The van der Waals surface area contributed by atoms with Gasteiger partial charge in [-0.15, -0.1) is 10.2 Å². The second-order valence-electron chi connectivity index (χ2n) is 9.08. The molecular formula is C22H27N3O3. The Labute approximate surface area is 164 Å². The van der Waals surface area contributed by atoms with Crippen LogP contribution in [0, 0.1) is 5.92 Å². The van der Waals surface area contributed by atoms with Gasteiger partial charge in [-0.1, -0.05) is 17.7 Å². The summed E-state index contributed by atoms with van der Waals surface area (Å²) < 4.78 is 6.21. The van der Waals surface area contributed by atoms with E-state index in [1.807, 2.05) is 12.2 Å². The molecule has 2 bridgehead atoms. The van der Waals surface area contributed by atoms with Crippen molar-refractivity contribution in [1.82, 2.24) is 10.2 Å². The van der Waals surface area contributed by atoms with Crippen molar-refractivity contribution in [3.8, 4) is 0 Å². The van der Waals surface area contributed by atoms with Gasteiger partial charge in [0.1, 0.15) is 11.3 Å². The lowest BCUT2D eigenvalue weighted by molar-refractivity contribution is 0.0187. The summed E-state index contributed by atoms with van der Waals surface area (Å²) >= 11 is 0. The summed E-state index contributed by atoms with van der Waals surface area (Å²) in [6, 6.07) is 0.0328. The van der Waals surface area contributed by atoms with Gasteiger partial charge >= 0.3 is 0 Å². The van der Waals surface area contributed by atoms with Crippen LogP contribution in [-0.2, 0) is 16.8 Å². The van der Waals surface area contributed by atoms with Gasteiger partial charge < -0.3 is 20.3 Å². The number of anilines is 1. The molecule has 0 amide bonds. The normalized spacial score (nSPS) is 40.5. The van der Waals surface area contributed by atoms with Crippen molar-refractivity contribution in [2.75, 3.05) is 5.32 Å². The summed E-state index contributed by atoms with van der Waals surface area (Å²) in [6.45, 7) is 0. The van der Waals surface area contributed by atoms with Crippen LogP contribution in [0.5, 0.6) is 0 Å². The zero-order valence-electron chi connectivity index (χ0n) is 16.0. The maximum atomic E-state index is 11.8. The molecule has 5 aliphatic rings. The van der Waals surface area contributed by atoms with E-state index in [9.17, 15) is 10.2 Å². The molecule has 148 valence electrons. The number of ether oxygens (including phenoxy) is 1. The molecule has 2 saturated carbocycles. The van der Waals surface area contributed by atoms with E-state index in [1.165, 1.54) is 5.57 Å². The second kappa shape index (κ2) is 6.12. The first-order chi connectivity index (χ1) is 13.6. The molecule has 6 nitrogen and oxygen atoms in total. The van der Waals surface area contributed by atoms with Crippen molar-refractivity contribution in [2.45, 2.75) is 81.3 Å². The number of fused-ring (bicyclic) bond motifs is 5. The summed E-state index contributed by atoms with van der Waals surface area (Å²) in [4.78, 5) is 0. The zero-order chi connectivity index (χ0) is 18.9. The van der Waals surface area contributed by atoms with Gasteiger partial charge in [-0.05, 0) is 56.6 Å². The lowest BCUT2D eigenvalue weighted by Gasteiger charge is -2.38. The maximum absolute atomic E-state index is 11.8. The lowest BCUT2D eigenvalue weighted by atomic mass is 9.75. The molecule has 3 fully saturated rings. The smallest absolute Gasteiger partial charge is 0.155 e. The van der Waals surface area contributed by atoms with Gasteiger partial charge in [0.2, 0.25) is 0 Å². The van der Waals surface area contributed by atoms with E-state index in [0.717, 1.165) is 74.0 Å². The van der Waals surface area contributed by atoms with Crippen LogP contribution in [0.15, 0.2) is 23.8 Å². The van der Waals surface area contributed by atoms with E-state index in [1.54, 1.807) is 0 Å². The van der Waals surface area contributed by atoms with Gasteiger partial charge in [-0.3, -0.25) is 0 Å². The van der Waals surface area contributed by atoms with Crippen molar-refractivity contribution in [1.29, 1.82) is 0 Å². The first-order valence-electron chi connectivity index (χ1n) is 10.7. The van der Waals surface area contributed by atoms with Crippen LogP contribution >= 0.6 is 0 Å². The Morgan fingerprint density at radius 3 is 2.89 bits per heavy atom. The molecule has 3 heterocycles.